The lowest BCUT2D eigenvalue weighted by atomic mass is 9.83. The Morgan fingerprint density at radius 1 is 1.50 bits per heavy atom. The van der Waals surface area contributed by atoms with E-state index in [-0.39, 0.29) is 40.7 Å². The van der Waals surface area contributed by atoms with E-state index in [2.05, 4.69) is 19.9 Å². The summed E-state index contributed by atoms with van der Waals surface area (Å²) in [5.74, 6) is -0.362. The van der Waals surface area contributed by atoms with E-state index in [9.17, 15) is 23.1 Å². The highest BCUT2D eigenvalue weighted by Gasteiger charge is 2.28. The van der Waals surface area contributed by atoms with Crippen LogP contribution in [0, 0.1) is 5.82 Å². The van der Waals surface area contributed by atoms with Gasteiger partial charge in [-0.2, -0.15) is 13.1 Å². The van der Waals surface area contributed by atoms with Crippen LogP contribution in [0.5, 0.6) is 0 Å². The van der Waals surface area contributed by atoms with Crippen molar-refractivity contribution in [2.75, 3.05) is 12.3 Å². The Balaban J connectivity index is 1.67. The summed E-state index contributed by atoms with van der Waals surface area (Å²) in [6, 6.07) is 4.07. The van der Waals surface area contributed by atoms with E-state index in [0.29, 0.717) is 12.0 Å². The topological polar surface area (TPSA) is 176 Å². The number of halogens is 1. The van der Waals surface area contributed by atoms with Crippen LogP contribution in [0.15, 0.2) is 32.8 Å². The van der Waals surface area contributed by atoms with Crippen LogP contribution in [0.1, 0.15) is 22.9 Å². The molecule has 0 radical (unpaired) electrons. The molecule has 1 aliphatic carbocycles. The molecule has 0 bridgehead atoms. The van der Waals surface area contributed by atoms with Crippen LogP contribution in [0.25, 0.3) is 0 Å². The number of benzene rings is 1. The minimum absolute atomic E-state index is 0.0270. The first kappa shape index (κ1) is 20.6. The van der Waals surface area contributed by atoms with Crippen molar-refractivity contribution in [1.29, 1.82) is 0 Å². The SMILES string of the molecule is NS(=O)(=O)NC[C@@H](O)CSc1nonc1C(=N[C@@H]1Cc2ccc(F)cc21)NO. The number of amidine groups is 1. The molecule has 0 unspecified atom stereocenters. The molecule has 0 fully saturated rings. The van der Waals surface area contributed by atoms with Crippen molar-refractivity contribution in [3.8, 4) is 0 Å². The lowest BCUT2D eigenvalue weighted by molar-refractivity contribution is 0.203. The van der Waals surface area contributed by atoms with E-state index in [1.165, 1.54) is 12.1 Å². The summed E-state index contributed by atoms with van der Waals surface area (Å²) in [5, 5.41) is 31.6. The fourth-order valence-corrected chi connectivity index (χ4v) is 3.78. The number of thioether (sulfide) groups is 1. The molecule has 2 aromatic rings. The van der Waals surface area contributed by atoms with Crippen LogP contribution in [0.2, 0.25) is 0 Å². The number of rotatable bonds is 8. The lowest BCUT2D eigenvalue weighted by Crippen LogP contribution is -2.37. The molecule has 3 rings (SSSR count). The number of hydroxylamine groups is 1. The third-order valence-electron chi connectivity index (χ3n) is 3.89. The maximum absolute atomic E-state index is 13.4. The van der Waals surface area contributed by atoms with Crippen LogP contribution in [-0.4, -0.2) is 53.3 Å². The van der Waals surface area contributed by atoms with Crippen molar-refractivity contribution in [2.24, 2.45) is 10.1 Å². The van der Waals surface area contributed by atoms with Gasteiger partial charge in [-0.3, -0.25) is 15.7 Å². The zero-order chi connectivity index (χ0) is 20.3. The Labute approximate surface area is 163 Å². The molecule has 14 heteroatoms. The smallest absolute Gasteiger partial charge is 0.274 e. The number of aromatic nitrogens is 2. The molecule has 0 saturated heterocycles. The molecule has 6 N–H and O–H groups in total. The Hall–Kier alpha value is -2.10. The largest absolute Gasteiger partial charge is 0.391 e. The zero-order valence-corrected chi connectivity index (χ0v) is 15.9. The number of aliphatic hydroxyl groups excluding tert-OH is 1. The molecule has 0 spiro atoms. The number of nitrogens with two attached hydrogens (primary N) is 1. The van der Waals surface area contributed by atoms with Gasteiger partial charge >= 0.3 is 0 Å². The minimum Gasteiger partial charge on any atom is -0.391 e. The van der Waals surface area contributed by atoms with Gasteiger partial charge in [0, 0.05) is 12.3 Å². The third kappa shape index (κ3) is 5.03. The van der Waals surface area contributed by atoms with Crippen LogP contribution >= 0.6 is 11.8 Å². The van der Waals surface area contributed by atoms with Gasteiger partial charge in [-0.1, -0.05) is 17.8 Å². The Kier molecular flexibility index (Phi) is 6.26. The Morgan fingerprint density at radius 3 is 3.00 bits per heavy atom. The third-order valence-corrected chi connectivity index (χ3v) is 5.55. The van der Waals surface area contributed by atoms with Crippen molar-refractivity contribution in [1.82, 2.24) is 20.5 Å². The van der Waals surface area contributed by atoms with Crippen molar-refractivity contribution in [3.05, 3.63) is 40.8 Å². The predicted molar refractivity (Wildman–Crippen MR) is 96.4 cm³/mol. The first-order valence-corrected chi connectivity index (χ1v) is 10.5. The minimum atomic E-state index is -3.91. The standard InChI is InChI=1S/C14H17FN6O5S2/c15-8-2-1-7-3-11(10(7)4-8)18-13(19-23)12-14(21-26-20-12)27-6-9(22)5-17-28(16,24)25/h1-2,4,9,11,17,22-23H,3,5-6H2,(H,18,19)(H2,16,24,25)/t9-,11-/m1/s1. The van der Waals surface area contributed by atoms with Gasteiger partial charge in [0.2, 0.25) is 0 Å². The van der Waals surface area contributed by atoms with Gasteiger partial charge in [0.05, 0.1) is 12.1 Å². The number of nitrogens with zero attached hydrogens (tertiary/aromatic N) is 3. The molecule has 152 valence electrons. The van der Waals surface area contributed by atoms with E-state index in [1.807, 2.05) is 10.2 Å². The van der Waals surface area contributed by atoms with E-state index in [1.54, 1.807) is 6.07 Å². The average molecular weight is 432 g/mol. The molecule has 0 saturated carbocycles. The molecule has 0 aliphatic heterocycles. The first-order chi connectivity index (χ1) is 13.3. The first-order valence-electron chi connectivity index (χ1n) is 7.94. The number of fused-ring (bicyclic) bond motifs is 1. The summed E-state index contributed by atoms with van der Waals surface area (Å²) in [5.41, 5.74) is 3.71. The summed E-state index contributed by atoms with van der Waals surface area (Å²) in [7, 11) is -3.91. The maximum Gasteiger partial charge on any atom is 0.274 e. The molecule has 1 heterocycles. The molecule has 0 amide bonds. The highest BCUT2D eigenvalue weighted by molar-refractivity contribution is 7.99. The normalized spacial score (nSPS) is 17.7. The van der Waals surface area contributed by atoms with E-state index < -0.39 is 16.3 Å². The summed E-state index contributed by atoms with van der Waals surface area (Å²) in [6.07, 6.45) is -0.483. The van der Waals surface area contributed by atoms with Gasteiger partial charge < -0.3 is 5.11 Å². The number of aliphatic hydroxyl groups is 1. The van der Waals surface area contributed by atoms with Crippen LogP contribution < -0.4 is 15.3 Å². The highest BCUT2D eigenvalue weighted by Crippen LogP contribution is 2.37. The predicted octanol–water partition coefficient (Wildman–Crippen LogP) is -0.522. The van der Waals surface area contributed by atoms with Crippen molar-refractivity contribution >= 4 is 27.8 Å². The van der Waals surface area contributed by atoms with Crippen molar-refractivity contribution in [2.45, 2.75) is 23.6 Å². The fourth-order valence-electron chi connectivity index (χ4n) is 2.53. The van der Waals surface area contributed by atoms with E-state index in [4.69, 9.17) is 5.14 Å². The van der Waals surface area contributed by atoms with Gasteiger partial charge in [-0.05, 0) is 40.0 Å². The number of aliphatic imine (C=N–C) groups is 1. The zero-order valence-electron chi connectivity index (χ0n) is 14.2. The molecular weight excluding hydrogens is 415 g/mol. The maximum atomic E-state index is 13.4. The second kappa shape index (κ2) is 8.50. The quantitative estimate of drug-likeness (QED) is 0.159. The van der Waals surface area contributed by atoms with E-state index in [0.717, 1.165) is 17.3 Å². The van der Waals surface area contributed by atoms with Gasteiger partial charge in [0.25, 0.3) is 10.2 Å². The second-order valence-electron chi connectivity index (χ2n) is 5.93. The van der Waals surface area contributed by atoms with Gasteiger partial charge in [0.1, 0.15) is 5.82 Å². The van der Waals surface area contributed by atoms with Crippen LogP contribution in [0.3, 0.4) is 0 Å². The summed E-state index contributed by atoms with van der Waals surface area (Å²) in [6.45, 7) is -0.282. The number of hydrogen-bond donors (Lipinski definition) is 5. The van der Waals surface area contributed by atoms with Gasteiger partial charge in [-0.15, -0.1) is 0 Å². The average Bonchev–Trinajstić information content (AvgIpc) is 3.09. The van der Waals surface area contributed by atoms with E-state index >= 15 is 0 Å². The molecular formula is C14H17FN6O5S2. The Morgan fingerprint density at radius 2 is 2.29 bits per heavy atom. The summed E-state index contributed by atoms with van der Waals surface area (Å²) in [4.78, 5) is 4.32. The van der Waals surface area contributed by atoms with Crippen LogP contribution in [-0.2, 0) is 16.6 Å². The number of nitrogens with one attached hydrogen (secondary N) is 2. The monoisotopic (exact) mass is 432 g/mol. The molecule has 2 atom stereocenters. The van der Waals surface area contributed by atoms with Crippen molar-refractivity contribution in [3.63, 3.8) is 0 Å². The molecule has 1 aromatic carbocycles. The molecule has 1 aromatic heterocycles. The van der Waals surface area contributed by atoms with Gasteiger partial charge in [-0.25, -0.2) is 14.2 Å². The summed E-state index contributed by atoms with van der Waals surface area (Å²) >= 11 is 1.01. The Bertz CT molecular complexity index is 982. The molecule has 11 nitrogen and oxygen atoms in total. The van der Waals surface area contributed by atoms with Gasteiger partial charge in [0.15, 0.2) is 16.6 Å². The summed E-state index contributed by atoms with van der Waals surface area (Å²) < 4.78 is 41.7. The second-order valence-corrected chi connectivity index (χ2v) is 8.32. The molecule has 1 aliphatic rings. The van der Waals surface area contributed by atoms with Crippen molar-refractivity contribution < 1.29 is 27.8 Å². The fraction of sp³-hybridized carbons (Fsp3) is 0.357. The lowest BCUT2D eigenvalue weighted by Gasteiger charge is -2.27. The molecule has 28 heavy (non-hydrogen) atoms. The van der Waals surface area contributed by atoms with Crippen LogP contribution in [0.4, 0.5) is 4.39 Å². The number of hydrogen-bond acceptors (Lipinski definition) is 9. The highest BCUT2D eigenvalue weighted by atomic mass is 32.2.